The average molecular weight is 114 g/mol. The van der Waals surface area contributed by atoms with Gasteiger partial charge in [-0.3, -0.25) is 0 Å². The molecular weight excluding hydrogens is 96.1 g/mol. The summed E-state index contributed by atoms with van der Waals surface area (Å²) in [5.41, 5.74) is 0. The normalized spacial score (nSPS) is 16.9. The highest BCUT2D eigenvalue weighted by molar-refractivity contribution is 4.71. The molecule has 0 aromatic heterocycles. The molecule has 0 radical (unpaired) electrons. The van der Waals surface area contributed by atoms with Crippen LogP contribution in [0.15, 0.2) is 0 Å². The lowest BCUT2D eigenvalue weighted by molar-refractivity contribution is 0.708. The van der Waals surface area contributed by atoms with Crippen LogP contribution in [0.2, 0.25) is 0 Å². The summed E-state index contributed by atoms with van der Waals surface area (Å²) >= 11 is 0. The molecule has 1 aliphatic carbocycles. The predicted molar refractivity (Wildman–Crippen MR) is 39.0 cm³/mol. The summed E-state index contributed by atoms with van der Waals surface area (Å²) in [6.07, 6.45) is 5.92. The van der Waals surface area contributed by atoms with E-state index in [0.29, 0.717) is 0 Å². The largest absolute Gasteiger partial charge is 0.0683 e. The van der Waals surface area contributed by atoms with E-state index in [9.17, 15) is 0 Å². The van der Waals surface area contributed by atoms with Crippen LogP contribution in [0.25, 0.3) is 0 Å². The van der Waals surface area contributed by atoms with E-state index < -0.39 is 0 Å². The summed E-state index contributed by atoms with van der Waals surface area (Å²) in [7, 11) is 0. The van der Waals surface area contributed by atoms with Crippen LogP contribution in [0.3, 0.4) is 0 Å². The first-order chi connectivity index (χ1) is 3.93. The molecule has 0 N–H and O–H groups in total. The first kappa shape index (κ1) is 8.00. The molecule has 0 unspecified atom stereocenters. The molecule has 1 saturated carbocycles. The van der Waals surface area contributed by atoms with Crippen molar-refractivity contribution >= 4 is 0 Å². The Balaban J connectivity index is 0.000000222. The van der Waals surface area contributed by atoms with E-state index in [1.165, 1.54) is 25.7 Å². The molecule has 1 aliphatic rings. The van der Waals surface area contributed by atoms with Gasteiger partial charge in [0.1, 0.15) is 0 Å². The fourth-order valence-corrected chi connectivity index (χ4v) is 0.815. The molecule has 0 heteroatoms. The number of hydrogen-bond donors (Lipinski definition) is 0. The third-order valence-corrected chi connectivity index (χ3v) is 1.39. The first-order valence-electron chi connectivity index (χ1n) is 3.93. The maximum absolute atomic E-state index is 2.26. The molecule has 0 aliphatic heterocycles. The molecule has 50 valence electrons. The van der Waals surface area contributed by atoms with Crippen LogP contribution >= 0.6 is 0 Å². The van der Waals surface area contributed by atoms with Gasteiger partial charge in [0.15, 0.2) is 0 Å². The fraction of sp³-hybridized carbons (Fsp3) is 1.00. The summed E-state index contributed by atoms with van der Waals surface area (Å²) < 4.78 is 0. The van der Waals surface area contributed by atoms with Crippen LogP contribution in [0.1, 0.15) is 46.5 Å². The van der Waals surface area contributed by atoms with Crippen molar-refractivity contribution in [1.82, 2.24) is 0 Å². The van der Waals surface area contributed by atoms with Crippen LogP contribution in [-0.4, -0.2) is 0 Å². The zero-order chi connectivity index (χ0) is 6.41. The molecule has 1 rings (SSSR count). The van der Waals surface area contributed by atoms with Crippen molar-refractivity contribution in [3.63, 3.8) is 0 Å². The van der Waals surface area contributed by atoms with Gasteiger partial charge in [-0.2, -0.15) is 0 Å². The van der Waals surface area contributed by atoms with Gasteiger partial charge in [-0.25, -0.2) is 0 Å². The molecule has 0 amide bonds. The summed E-state index contributed by atoms with van der Waals surface area (Å²) in [5, 5.41) is 0. The Bertz CT molecular complexity index is 35.3. The van der Waals surface area contributed by atoms with Gasteiger partial charge in [0.05, 0.1) is 0 Å². The fourth-order valence-electron chi connectivity index (χ4n) is 0.815. The quantitative estimate of drug-likeness (QED) is 0.517. The van der Waals surface area contributed by atoms with Gasteiger partial charge in [-0.15, -0.1) is 0 Å². The van der Waals surface area contributed by atoms with E-state index in [-0.39, 0.29) is 0 Å². The Labute approximate surface area is 53.3 Å². The van der Waals surface area contributed by atoms with Gasteiger partial charge < -0.3 is 0 Å². The first-order valence-corrected chi connectivity index (χ1v) is 3.93. The van der Waals surface area contributed by atoms with Gasteiger partial charge in [0.2, 0.25) is 0 Å². The Kier molecular flexibility index (Phi) is 5.14. The topological polar surface area (TPSA) is 0 Å². The standard InChI is InChI=1S/C6H12.C2H6/c1-2-3-6-4-5-6;1-2/h6H,2-5H2,1H3;1-2H3. The highest BCUT2D eigenvalue weighted by Crippen LogP contribution is 2.32. The molecule has 0 aromatic carbocycles. The van der Waals surface area contributed by atoms with Gasteiger partial charge in [-0.05, 0) is 5.92 Å². The van der Waals surface area contributed by atoms with Crippen LogP contribution in [0.4, 0.5) is 0 Å². The predicted octanol–water partition coefficient (Wildman–Crippen LogP) is 3.22. The second kappa shape index (κ2) is 5.14. The summed E-state index contributed by atoms with van der Waals surface area (Å²) in [6, 6.07) is 0. The van der Waals surface area contributed by atoms with Crippen molar-refractivity contribution in [1.29, 1.82) is 0 Å². The Morgan fingerprint density at radius 3 is 1.88 bits per heavy atom. The van der Waals surface area contributed by atoms with Crippen molar-refractivity contribution in [2.75, 3.05) is 0 Å². The van der Waals surface area contributed by atoms with Crippen LogP contribution in [-0.2, 0) is 0 Å². The van der Waals surface area contributed by atoms with Crippen molar-refractivity contribution in [2.45, 2.75) is 46.5 Å². The lowest BCUT2D eigenvalue weighted by Crippen LogP contribution is -1.68. The molecule has 0 spiro atoms. The lowest BCUT2D eigenvalue weighted by Gasteiger charge is -1.82. The van der Waals surface area contributed by atoms with Crippen molar-refractivity contribution < 1.29 is 0 Å². The van der Waals surface area contributed by atoms with E-state index in [1.807, 2.05) is 13.8 Å². The third-order valence-electron chi connectivity index (χ3n) is 1.39. The molecule has 0 nitrogen and oxygen atoms in total. The van der Waals surface area contributed by atoms with Crippen molar-refractivity contribution in [3.8, 4) is 0 Å². The Hall–Kier alpha value is 0. The van der Waals surface area contributed by atoms with E-state index in [1.54, 1.807) is 0 Å². The maximum Gasteiger partial charge on any atom is -0.0414 e. The molecule has 0 aromatic rings. The zero-order valence-electron chi connectivity index (χ0n) is 6.41. The van der Waals surface area contributed by atoms with Crippen molar-refractivity contribution in [3.05, 3.63) is 0 Å². The highest BCUT2D eigenvalue weighted by Gasteiger charge is 2.18. The molecule has 1 fully saturated rings. The van der Waals surface area contributed by atoms with Gasteiger partial charge in [-0.1, -0.05) is 46.5 Å². The number of hydrogen-bond acceptors (Lipinski definition) is 0. The molecule has 0 atom stereocenters. The van der Waals surface area contributed by atoms with E-state index in [0.717, 1.165) is 5.92 Å². The van der Waals surface area contributed by atoms with E-state index in [4.69, 9.17) is 0 Å². The second-order valence-corrected chi connectivity index (χ2v) is 2.23. The zero-order valence-corrected chi connectivity index (χ0v) is 6.41. The van der Waals surface area contributed by atoms with Crippen LogP contribution in [0, 0.1) is 5.92 Å². The molecular formula is C8H18. The lowest BCUT2D eigenvalue weighted by atomic mass is 10.2. The summed E-state index contributed by atoms with van der Waals surface area (Å²) in [5.74, 6) is 1.15. The minimum atomic E-state index is 1.15. The monoisotopic (exact) mass is 114 g/mol. The van der Waals surface area contributed by atoms with Crippen LogP contribution < -0.4 is 0 Å². The summed E-state index contributed by atoms with van der Waals surface area (Å²) in [4.78, 5) is 0. The Morgan fingerprint density at radius 1 is 1.25 bits per heavy atom. The summed E-state index contributed by atoms with van der Waals surface area (Å²) in [6.45, 7) is 6.26. The second-order valence-electron chi connectivity index (χ2n) is 2.23. The van der Waals surface area contributed by atoms with Crippen LogP contribution in [0.5, 0.6) is 0 Å². The highest BCUT2D eigenvalue weighted by atomic mass is 14.2. The smallest absolute Gasteiger partial charge is 0.0414 e. The maximum atomic E-state index is 2.26. The molecule has 0 saturated heterocycles. The van der Waals surface area contributed by atoms with E-state index >= 15 is 0 Å². The van der Waals surface area contributed by atoms with Gasteiger partial charge in [0, 0.05) is 0 Å². The molecule has 0 heterocycles. The Morgan fingerprint density at radius 2 is 1.75 bits per heavy atom. The molecule has 0 bridgehead atoms. The van der Waals surface area contributed by atoms with E-state index in [2.05, 4.69) is 6.92 Å². The van der Waals surface area contributed by atoms with Crippen molar-refractivity contribution in [2.24, 2.45) is 5.92 Å². The van der Waals surface area contributed by atoms with Gasteiger partial charge >= 0.3 is 0 Å². The SMILES string of the molecule is CC.CCCC1CC1. The third kappa shape index (κ3) is 4.17. The average Bonchev–Trinajstić information content (AvgIpc) is 2.57. The minimum Gasteiger partial charge on any atom is -0.0683 e. The van der Waals surface area contributed by atoms with Gasteiger partial charge in [0.25, 0.3) is 0 Å². The molecule has 8 heavy (non-hydrogen) atoms. The number of rotatable bonds is 2. The minimum absolute atomic E-state index is 1.15.